The Morgan fingerprint density at radius 1 is 1.04 bits per heavy atom. The summed E-state index contributed by atoms with van der Waals surface area (Å²) < 4.78 is 13.9. The monoisotopic (exact) mass is 365 g/mol. The van der Waals surface area contributed by atoms with Crippen LogP contribution in [0, 0.1) is 13.8 Å². The van der Waals surface area contributed by atoms with Crippen molar-refractivity contribution in [1.82, 2.24) is 14.5 Å². The first kappa shape index (κ1) is 18.0. The van der Waals surface area contributed by atoms with Crippen LogP contribution in [-0.4, -0.2) is 47.4 Å². The van der Waals surface area contributed by atoms with Crippen molar-refractivity contribution >= 4 is 11.0 Å². The minimum Gasteiger partial charge on any atom is -0.491 e. The molecule has 142 valence electrons. The fourth-order valence-electron chi connectivity index (χ4n) is 3.58. The zero-order valence-corrected chi connectivity index (χ0v) is 16.1. The number of hydrogen-bond acceptors (Lipinski definition) is 4. The number of morpholine rings is 1. The fraction of sp³-hybridized carbons (Fsp3) is 0.409. The number of imidazole rings is 1. The number of nitrogens with zero attached hydrogens (tertiary/aromatic N) is 3. The molecule has 0 unspecified atom stereocenters. The minimum absolute atomic E-state index is 0.626. The number of para-hydroxylation sites is 2. The molecule has 1 aliphatic heterocycles. The third-order valence-corrected chi connectivity index (χ3v) is 5.33. The molecule has 0 N–H and O–H groups in total. The first-order chi connectivity index (χ1) is 13.2. The number of rotatable bonds is 6. The summed E-state index contributed by atoms with van der Waals surface area (Å²) in [7, 11) is 0. The number of ether oxygens (including phenoxy) is 2. The molecule has 4 rings (SSSR count). The summed E-state index contributed by atoms with van der Waals surface area (Å²) in [6.07, 6.45) is 0. The molecule has 0 radical (unpaired) electrons. The second kappa shape index (κ2) is 8.11. The van der Waals surface area contributed by atoms with Crippen molar-refractivity contribution < 1.29 is 9.47 Å². The first-order valence-electron chi connectivity index (χ1n) is 9.65. The smallest absolute Gasteiger partial charge is 0.124 e. The predicted octanol–water partition coefficient (Wildman–Crippen LogP) is 3.56. The van der Waals surface area contributed by atoms with Gasteiger partial charge in [0.1, 0.15) is 18.2 Å². The van der Waals surface area contributed by atoms with Crippen molar-refractivity contribution in [3.63, 3.8) is 0 Å². The third kappa shape index (κ3) is 3.99. The summed E-state index contributed by atoms with van der Waals surface area (Å²) in [4.78, 5) is 7.30. The van der Waals surface area contributed by atoms with E-state index in [0.717, 1.165) is 56.5 Å². The lowest BCUT2D eigenvalue weighted by Gasteiger charge is -2.26. The number of hydrogen-bond donors (Lipinski definition) is 0. The van der Waals surface area contributed by atoms with Gasteiger partial charge in [-0.25, -0.2) is 4.98 Å². The molecule has 0 saturated carbocycles. The molecule has 2 aromatic carbocycles. The Balaban J connectivity index is 1.52. The molecular weight excluding hydrogens is 338 g/mol. The van der Waals surface area contributed by atoms with Crippen LogP contribution < -0.4 is 4.74 Å². The number of aryl methyl sites for hydroxylation is 1. The molecule has 0 amide bonds. The highest BCUT2D eigenvalue weighted by Gasteiger charge is 2.16. The molecule has 27 heavy (non-hydrogen) atoms. The van der Waals surface area contributed by atoms with E-state index in [2.05, 4.69) is 47.6 Å². The van der Waals surface area contributed by atoms with Crippen molar-refractivity contribution in [3.05, 3.63) is 59.4 Å². The molecule has 1 aliphatic rings. The molecule has 3 aromatic rings. The second-order valence-corrected chi connectivity index (χ2v) is 7.10. The SMILES string of the molecule is Cc1cccc(OCCn2c(CN3CCOCC3)nc3ccccc32)c1C. The van der Waals surface area contributed by atoms with Crippen LogP contribution >= 0.6 is 0 Å². The Bertz CT molecular complexity index is 913. The van der Waals surface area contributed by atoms with Crippen LogP contribution in [0.3, 0.4) is 0 Å². The topological polar surface area (TPSA) is 39.5 Å². The van der Waals surface area contributed by atoms with E-state index in [4.69, 9.17) is 14.5 Å². The molecule has 1 saturated heterocycles. The van der Waals surface area contributed by atoms with Gasteiger partial charge >= 0.3 is 0 Å². The number of benzene rings is 2. The van der Waals surface area contributed by atoms with Crippen molar-refractivity contribution in [2.24, 2.45) is 0 Å². The number of fused-ring (bicyclic) bond motifs is 1. The summed E-state index contributed by atoms with van der Waals surface area (Å²) >= 11 is 0. The molecular formula is C22H27N3O2. The summed E-state index contributed by atoms with van der Waals surface area (Å²) in [5, 5.41) is 0. The normalized spacial score (nSPS) is 15.3. The van der Waals surface area contributed by atoms with E-state index in [-0.39, 0.29) is 0 Å². The second-order valence-electron chi connectivity index (χ2n) is 7.10. The van der Waals surface area contributed by atoms with Gasteiger partial charge in [-0.1, -0.05) is 24.3 Å². The Labute approximate surface area is 160 Å². The van der Waals surface area contributed by atoms with Crippen LogP contribution in [0.25, 0.3) is 11.0 Å². The molecule has 0 atom stereocenters. The Hall–Kier alpha value is -2.37. The molecule has 1 aromatic heterocycles. The van der Waals surface area contributed by atoms with Crippen molar-refractivity contribution in [3.8, 4) is 5.75 Å². The zero-order valence-electron chi connectivity index (χ0n) is 16.1. The van der Waals surface area contributed by atoms with E-state index in [1.54, 1.807) is 0 Å². The summed E-state index contributed by atoms with van der Waals surface area (Å²) in [5.74, 6) is 2.07. The highest BCUT2D eigenvalue weighted by atomic mass is 16.5. The van der Waals surface area contributed by atoms with Gasteiger partial charge in [0, 0.05) is 13.1 Å². The van der Waals surface area contributed by atoms with Crippen LogP contribution in [0.4, 0.5) is 0 Å². The van der Waals surface area contributed by atoms with E-state index in [0.29, 0.717) is 6.61 Å². The fourth-order valence-corrected chi connectivity index (χ4v) is 3.58. The van der Waals surface area contributed by atoms with Crippen LogP contribution in [0.5, 0.6) is 5.75 Å². The van der Waals surface area contributed by atoms with Crippen molar-refractivity contribution in [1.29, 1.82) is 0 Å². The van der Waals surface area contributed by atoms with Gasteiger partial charge in [-0.05, 0) is 43.2 Å². The maximum absolute atomic E-state index is 6.10. The van der Waals surface area contributed by atoms with E-state index >= 15 is 0 Å². The largest absolute Gasteiger partial charge is 0.491 e. The molecule has 5 heteroatoms. The lowest BCUT2D eigenvalue weighted by molar-refractivity contribution is 0.0326. The van der Waals surface area contributed by atoms with Crippen LogP contribution in [0.2, 0.25) is 0 Å². The van der Waals surface area contributed by atoms with Gasteiger partial charge in [0.25, 0.3) is 0 Å². The van der Waals surface area contributed by atoms with Crippen LogP contribution in [-0.2, 0) is 17.8 Å². The minimum atomic E-state index is 0.626. The highest BCUT2D eigenvalue weighted by Crippen LogP contribution is 2.22. The van der Waals surface area contributed by atoms with Crippen LogP contribution in [0.1, 0.15) is 17.0 Å². The van der Waals surface area contributed by atoms with E-state index in [9.17, 15) is 0 Å². The first-order valence-corrected chi connectivity index (χ1v) is 9.65. The highest BCUT2D eigenvalue weighted by molar-refractivity contribution is 5.75. The van der Waals surface area contributed by atoms with E-state index in [1.807, 2.05) is 18.2 Å². The van der Waals surface area contributed by atoms with Gasteiger partial charge in [0.2, 0.25) is 0 Å². The molecule has 1 fully saturated rings. The molecule has 5 nitrogen and oxygen atoms in total. The average molecular weight is 365 g/mol. The van der Waals surface area contributed by atoms with Crippen molar-refractivity contribution in [2.45, 2.75) is 26.9 Å². The quantitative estimate of drug-likeness (QED) is 0.670. The average Bonchev–Trinajstić information content (AvgIpc) is 3.03. The molecule has 0 bridgehead atoms. The number of aromatic nitrogens is 2. The Morgan fingerprint density at radius 3 is 2.70 bits per heavy atom. The van der Waals surface area contributed by atoms with Gasteiger partial charge in [-0.2, -0.15) is 0 Å². The third-order valence-electron chi connectivity index (χ3n) is 5.33. The Morgan fingerprint density at radius 2 is 1.85 bits per heavy atom. The van der Waals surface area contributed by atoms with Crippen LogP contribution in [0.15, 0.2) is 42.5 Å². The lowest BCUT2D eigenvalue weighted by Crippen LogP contribution is -2.36. The standard InChI is InChI=1S/C22H27N3O2/c1-17-6-5-9-21(18(17)2)27-15-12-25-20-8-4-3-7-19(20)23-22(25)16-24-10-13-26-14-11-24/h3-9H,10-16H2,1-2H3. The van der Waals surface area contributed by atoms with Gasteiger partial charge in [0.05, 0.1) is 37.3 Å². The predicted molar refractivity (Wildman–Crippen MR) is 107 cm³/mol. The maximum atomic E-state index is 6.10. The molecule has 0 aliphatic carbocycles. The van der Waals surface area contributed by atoms with Gasteiger partial charge in [0.15, 0.2) is 0 Å². The van der Waals surface area contributed by atoms with Gasteiger partial charge in [-0.3, -0.25) is 4.90 Å². The molecule has 0 spiro atoms. The summed E-state index contributed by atoms with van der Waals surface area (Å²) in [6.45, 7) is 10.0. The lowest BCUT2D eigenvalue weighted by atomic mass is 10.1. The van der Waals surface area contributed by atoms with E-state index < -0.39 is 0 Å². The van der Waals surface area contributed by atoms with Crippen molar-refractivity contribution in [2.75, 3.05) is 32.9 Å². The zero-order chi connectivity index (χ0) is 18.6. The maximum Gasteiger partial charge on any atom is 0.124 e. The van der Waals surface area contributed by atoms with Gasteiger partial charge < -0.3 is 14.0 Å². The summed E-state index contributed by atoms with van der Waals surface area (Å²) in [6, 6.07) is 14.6. The van der Waals surface area contributed by atoms with E-state index in [1.165, 1.54) is 16.6 Å². The Kier molecular flexibility index (Phi) is 5.41. The van der Waals surface area contributed by atoms with Gasteiger partial charge in [-0.15, -0.1) is 0 Å². The molecule has 2 heterocycles. The summed E-state index contributed by atoms with van der Waals surface area (Å²) in [5.41, 5.74) is 4.69.